The van der Waals surface area contributed by atoms with Crippen molar-refractivity contribution in [3.8, 4) is 11.5 Å². The van der Waals surface area contributed by atoms with Crippen LogP contribution in [0.1, 0.15) is 21.5 Å². The second-order valence-electron chi connectivity index (χ2n) is 5.41. The van der Waals surface area contributed by atoms with Gasteiger partial charge in [-0.3, -0.25) is 0 Å². The van der Waals surface area contributed by atoms with E-state index in [1.165, 1.54) is 24.3 Å². The fourth-order valence-corrected chi connectivity index (χ4v) is 2.73. The SMILES string of the molecule is O=C(Oc1cc(Cl)ccc1C(=O)O)C1=Cc2cc(CCl)ccc2OC1O. The third-order valence-corrected chi connectivity index (χ3v) is 4.20. The van der Waals surface area contributed by atoms with Crippen LogP contribution < -0.4 is 9.47 Å². The molecule has 0 amide bonds. The van der Waals surface area contributed by atoms with Crippen molar-refractivity contribution in [2.75, 3.05) is 0 Å². The molecule has 0 radical (unpaired) electrons. The Morgan fingerprint density at radius 3 is 2.65 bits per heavy atom. The third-order valence-electron chi connectivity index (χ3n) is 3.66. The number of aliphatic hydroxyl groups excluding tert-OH is 1. The lowest BCUT2D eigenvalue weighted by molar-refractivity contribution is -0.133. The summed E-state index contributed by atoms with van der Waals surface area (Å²) in [5.74, 6) is -1.81. The highest BCUT2D eigenvalue weighted by atomic mass is 35.5. The lowest BCUT2D eigenvalue weighted by Crippen LogP contribution is -2.29. The summed E-state index contributed by atoms with van der Waals surface area (Å²) in [6, 6.07) is 8.87. The predicted molar refractivity (Wildman–Crippen MR) is 94.7 cm³/mol. The van der Waals surface area contributed by atoms with Crippen molar-refractivity contribution in [1.82, 2.24) is 0 Å². The number of benzene rings is 2. The topological polar surface area (TPSA) is 93.1 Å². The molecule has 0 aliphatic carbocycles. The molecule has 1 heterocycles. The first-order valence-corrected chi connectivity index (χ1v) is 8.30. The highest BCUT2D eigenvalue weighted by Gasteiger charge is 2.28. The lowest BCUT2D eigenvalue weighted by atomic mass is 10.0. The Morgan fingerprint density at radius 1 is 1.19 bits per heavy atom. The minimum atomic E-state index is -1.55. The van der Waals surface area contributed by atoms with Crippen molar-refractivity contribution < 1.29 is 29.3 Å². The summed E-state index contributed by atoms with van der Waals surface area (Å²) in [4.78, 5) is 23.7. The molecule has 0 spiro atoms. The average molecular weight is 395 g/mol. The molecule has 1 aliphatic rings. The van der Waals surface area contributed by atoms with Gasteiger partial charge in [0.05, 0.1) is 0 Å². The van der Waals surface area contributed by atoms with E-state index in [2.05, 4.69) is 0 Å². The first-order chi connectivity index (χ1) is 12.4. The van der Waals surface area contributed by atoms with Gasteiger partial charge in [0.1, 0.15) is 22.6 Å². The van der Waals surface area contributed by atoms with Crippen LogP contribution in [0, 0.1) is 0 Å². The number of hydrogen-bond acceptors (Lipinski definition) is 5. The summed E-state index contributed by atoms with van der Waals surface area (Å²) in [6.07, 6.45) is -0.142. The van der Waals surface area contributed by atoms with Crippen molar-refractivity contribution in [3.63, 3.8) is 0 Å². The number of hydrogen-bond donors (Lipinski definition) is 2. The number of carbonyl (C=O) groups is 2. The minimum Gasteiger partial charge on any atom is -0.478 e. The van der Waals surface area contributed by atoms with E-state index in [1.807, 2.05) is 0 Å². The van der Waals surface area contributed by atoms with Crippen molar-refractivity contribution in [1.29, 1.82) is 0 Å². The number of alkyl halides is 1. The van der Waals surface area contributed by atoms with Gasteiger partial charge in [-0.2, -0.15) is 0 Å². The monoisotopic (exact) mass is 394 g/mol. The number of aromatic carboxylic acids is 1. The van der Waals surface area contributed by atoms with Gasteiger partial charge in [0.25, 0.3) is 0 Å². The minimum absolute atomic E-state index is 0.180. The molecule has 26 heavy (non-hydrogen) atoms. The van der Waals surface area contributed by atoms with Gasteiger partial charge in [0, 0.05) is 22.5 Å². The molecule has 1 aliphatic heterocycles. The van der Waals surface area contributed by atoms with Gasteiger partial charge in [0.15, 0.2) is 0 Å². The van der Waals surface area contributed by atoms with Crippen LogP contribution in [0.5, 0.6) is 11.5 Å². The molecule has 1 atom stereocenters. The Balaban J connectivity index is 1.93. The second-order valence-corrected chi connectivity index (χ2v) is 6.11. The van der Waals surface area contributed by atoms with Crippen LogP contribution in [0.2, 0.25) is 5.02 Å². The summed E-state index contributed by atoms with van der Waals surface area (Å²) in [5.41, 5.74) is 0.933. The van der Waals surface area contributed by atoms with Gasteiger partial charge in [-0.05, 0) is 35.9 Å². The normalized spacial score (nSPS) is 15.5. The molecule has 2 N–H and O–H groups in total. The number of esters is 1. The fourth-order valence-electron chi connectivity index (χ4n) is 2.40. The molecule has 0 bridgehead atoms. The van der Waals surface area contributed by atoms with Crippen LogP contribution in [-0.4, -0.2) is 28.4 Å². The number of ether oxygens (including phenoxy) is 2. The number of aliphatic hydroxyl groups is 1. The smallest absolute Gasteiger partial charge is 0.345 e. The third kappa shape index (κ3) is 3.67. The van der Waals surface area contributed by atoms with E-state index < -0.39 is 18.2 Å². The van der Waals surface area contributed by atoms with E-state index in [0.29, 0.717) is 11.3 Å². The number of fused-ring (bicyclic) bond motifs is 1. The maximum absolute atomic E-state index is 12.4. The standard InChI is InChI=1S/C18H12Cl2O6/c19-8-9-1-4-14-10(5-9)6-13(17(23)25-14)18(24)26-15-7-11(20)2-3-12(15)16(21)22/h1-7,17,23H,8H2,(H,21,22). The van der Waals surface area contributed by atoms with Gasteiger partial charge in [0.2, 0.25) is 6.29 Å². The van der Waals surface area contributed by atoms with E-state index in [-0.39, 0.29) is 27.8 Å². The molecule has 2 aromatic rings. The van der Waals surface area contributed by atoms with Crippen LogP contribution in [-0.2, 0) is 10.7 Å². The van der Waals surface area contributed by atoms with E-state index in [9.17, 15) is 19.8 Å². The highest BCUT2D eigenvalue weighted by Crippen LogP contribution is 2.32. The van der Waals surface area contributed by atoms with Crippen molar-refractivity contribution >= 4 is 41.2 Å². The molecule has 8 heteroatoms. The molecule has 134 valence electrons. The molecular weight excluding hydrogens is 383 g/mol. The first kappa shape index (κ1) is 18.3. The predicted octanol–water partition coefficient (Wildman–Crippen LogP) is 3.48. The second kappa shape index (κ2) is 7.37. The maximum Gasteiger partial charge on any atom is 0.345 e. The Kier molecular flexibility index (Phi) is 5.18. The van der Waals surface area contributed by atoms with Crippen LogP contribution in [0.25, 0.3) is 6.08 Å². The molecule has 0 saturated heterocycles. The first-order valence-electron chi connectivity index (χ1n) is 7.39. The van der Waals surface area contributed by atoms with Crippen LogP contribution in [0.15, 0.2) is 42.0 Å². The molecular formula is C18H12Cl2O6. The largest absolute Gasteiger partial charge is 0.478 e. The van der Waals surface area contributed by atoms with Gasteiger partial charge >= 0.3 is 11.9 Å². The van der Waals surface area contributed by atoms with Crippen LogP contribution >= 0.6 is 23.2 Å². The Bertz CT molecular complexity index is 922. The molecule has 2 aromatic carbocycles. The highest BCUT2D eigenvalue weighted by molar-refractivity contribution is 6.30. The number of carboxylic acid groups (broad SMARTS) is 1. The van der Waals surface area contributed by atoms with E-state index in [1.54, 1.807) is 18.2 Å². The Morgan fingerprint density at radius 2 is 1.96 bits per heavy atom. The van der Waals surface area contributed by atoms with Crippen LogP contribution in [0.4, 0.5) is 0 Å². The van der Waals surface area contributed by atoms with Crippen LogP contribution in [0.3, 0.4) is 0 Å². The summed E-state index contributed by atoms with van der Waals surface area (Å²) in [7, 11) is 0. The average Bonchev–Trinajstić information content (AvgIpc) is 2.60. The number of carboxylic acids is 1. The number of halogens is 2. The zero-order valence-electron chi connectivity index (χ0n) is 13.1. The summed E-state index contributed by atoms with van der Waals surface area (Å²) in [6.45, 7) is 0. The van der Waals surface area contributed by atoms with E-state index >= 15 is 0 Å². The Hall–Kier alpha value is -2.54. The van der Waals surface area contributed by atoms with Gasteiger partial charge in [-0.25, -0.2) is 9.59 Å². The van der Waals surface area contributed by atoms with Crippen molar-refractivity contribution in [2.45, 2.75) is 12.2 Å². The molecule has 0 saturated carbocycles. The summed E-state index contributed by atoms with van der Waals surface area (Å²) >= 11 is 11.6. The van der Waals surface area contributed by atoms with Gasteiger partial charge in [-0.15, -0.1) is 11.6 Å². The zero-order valence-corrected chi connectivity index (χ0v) is 14.6. The molecule has 6 nitrogen and oxygen atoms in total. The van der Waals surface area contributed by atoms with Crippen molar-refractivity contribution in [2.24, 2.45) is 0 Å². The zero-order chi connectivity index (χ0) is 18.8. The fraction of sp³-hybridized carbons (Fsp3) is 0.111. The molecule has 3 rings (SSSR count). The van der Waals surface area contributed by atoms with E-state index in [0.717, 1.165) is 5.56 Å². The summed E-state index contributed by atoms with van der Waals surface area (Å²) in [5, 5.41) is 19.4. The quantitative estimate of drug-likeness (QED) is 0.468. The molecule has 0 aromatic heterocycles. The number of rotatable bonds is 4. The van der Waals surface area contributed by atoms with Gasteiger partial charge in [-0.1, -0.05) is 17.7 Å². The summed E-state index contributed by atoms with van der Waals surface area (Å²) < 4.78 is 10.4. The van der Waals surface area contributed by atoms with Crippen molar-refractivity contribution in [3.05, 3.63) is 63.7 Å². The maximum atomic E-state index is 12.4. The molecule has 1 unspecified atom stereocenters. The Labute approximate surface area is 158 Å². The van der Waals surface area contributed by atoms with Gasteiger partial charge < -0.3 is 19.7 Å². The lowest BCUT2D eigenvalue weighted by Gasteiger charge is -2.22. The van der Waals surface area contributed by atoms with E-state index in [4.69, 9.17) is 32.7 Å². The molecule has 0 fully saturated rings. The number of carbonyl (C=O) groups excluding carboxylic acids is 1.